The van der Waals surface area contributed by atoms with Crippen LogP contribution in [0.1, 0.15) is 19.3 Å². The van der Waals surface area contributed by atoms with E-state index >= 15 is 0 Å². The molecule has 2 atom stereocenters. The standard InChI is InChI=1S/C10H19NO/c1-11-5-8-2-9(6-11)4-10(3-8)7-12/h8-10,12H,2-7H2,1H3. The molecule has 1 saturated heterocycles. The van der Waals surface area contributed by atoms with Gasteiger partial charge in [-0.15, -0.1) is 0 Å². The van der Waals surface area contributed by atoms with E-state index in [9.17, 15) is 0 Å². The molecule has 2 rings (SSSR count). The molecule has 1 N–H and O–H groups in total. The molecule has 0 amide bonds. The predicted molar refractivity (Wildman–Crippen MR) is 48.9 cm³/mol. The van der Waals surface area contributed by atoms with Gasteiger partial charge >= 0.3 is 0 Å². The van der Waals surface area contributed by atoms with E-state index in [1.165, 1.54) is 32.4 Å². The van der Waals surface area contributed by atoms with Gasteiger partial charge < -0.3 is 10.0 Å². The summed E-state index contributed by atoms with van der Waals surface area (Å²) in [4.78, 5) is 2.45. The van der Waals surface area contributed by atoms with Crippen LogP contribution < -0.4 is 0 Å². The Morgan fingerprint density at radius 2 is 1.75 bits per heavy atom. The van der Waals surface area contributed by atoms with Gasteiger partial charge in [0.15, 0.2) is 0 Å². The van der Waals surface area contributed by atoms with E-state index < -0.39 is 0 Å². The molecule has 2 bridgehead atoms. The van der Waals surface area contributed by atoms with Gasteiger partial charge in [-0.25, -0.2) is 0 Å². The van der Waals surface area contributed by atoms with Gasteiger partial charge in [-0.05, 0) is 44.1 Å². The van der Waals surface area contributed by atoms with Gasteiger partial charge in [0.05, 0.1) is 0 Å². The molecule has 2 aliphatic rings. The lowest BCUT2D eigenvalue weighted by Crippen LogP contribution is -2.43. The summed E-state index contributed by atoms with van der Waals surface area (Å²) in [6.07, 6.45) is 3.94. The van der Waals surface area contributed by atoms with E-state index in [2.05, 4.69) is 11.9 Å². The quantitative estimate of drug-likeness (QED) is 0.632. The molecule has 0 aromatic rings. The van der Waals surface area contributed by atoms with Crippen molar-refractivity contribution in [2.45, 2.75) is 19.3 Å². The van der Waals surface area contributed by atoms with Gasteiger partial charge in [-0.2, -0.15) is 0 Å². The monoisotopic (exact) mass is 169 g/mol. The van der Waals surface area contributed by atoms with Crippen LogP contribution in [0.15, 0.2) is 0 Å². The van der Waals surface area contributed by atoms with Gasteiger partial charge in [0.25, 0.3) is 0 Å². The Morgan fingerprint density at radius 1 is 1.17 bits per heavy atom. The minimum absolute atomic E-state index is 0.413. The fraction of sp³-hybridized carbons (Fsp3) is 1.00. The van der Waals surface area contributed by atoms with Crippen LogP contribution in [0.3, 0.4) is 0 Å². The molecule has 1 heterocycles. The highest BCUT2D eigenvalue weighted by molar-refractivity contribution is 4.85. The number of aliphatic hydroxyl groups is 1. The third kappa shape index (κ3) is 1.64. The second-order valence-corrected chi connectivity index (χ2v) is 4.71. The van der Waals surface area contributed by atoms with E-state index in [1.54, 1.807) is 0 Å². The van der Waals surface area contributed by atoms with Crippen molar-refractivity contribution in [2.24, 2.45) is 17.8 Å². The number of likely N-dealkylation sites (tertiary alicyclic amines) is 1. The smallest absolute Gasteiger partial charge is 0.0459 e. The number of hydrogen-bond acceptors (Lipinski definition) is 2. The number of rotatable bonds is 1. The molecule has 2 heteroatoms. The Balaban J connectivity index is 1.96. The normalized spacial score (nSPS) is 43.0. The summed E-state index contributed by atoms with van der Waals surface area (Å²) in [5.41, 5.74) is 0. The number of aliphatic hydroxyl groups excluding tert-OH is 1. The molecule has 1 saturated carbocycles. The van der Waals surface area contributed by atoms with E-state index in [0.717, 1.165) is 11.8 Å². The van der Waals surface area contributed by atoms with Crippen LogP contribution in [-0.2, 0) is 0 Å². The topological polar surface area (TPSA) is 23.5 Å². The second kappa shape index (κ2) is 3.35. The van der Waals surface area contributed by atoms with Gasteiger partial charge in [0, 0.05) is 19.7 Å². The zero-order valence-corrected chi connectivity index (χ0v) is 7.87. The lowest BCUT2D eigenvalue weighted by Gasteiger charge is -2.42. The van der Waals surface area contributed by atoms with Gasteiger partial charge in [0.1, 0.15) is 0 Å². The molecule has 0 spiro atoms. The van der Waals surface area contributed by atoms with E-state index in [-0.39, 0.29) is 0 Å². The summed E-state index contributed by atoms with van der Waals surface area (Å²) >= 11 is 0. The van der Waals surface area contributed by atoms with Crippen molar-refractivity contribution < 1.29 is 5.11 Å². The molecule has 12 heavy (non-hydrogen) atoms. The van der Waals surface area contributed by atoms with Crippen LogP contribution >= 0.6 is 0 Å². The van der Waals surface area contributed by atoms with Crippen LogP contribution in [0.25, 0.3) is 0 Å². The summed E-state index contributed by atoms with van der Waals surface area (Å²) in [6, 6.07) is 0. The first kappa shape index (κ1) is 8.52. The molecule has 70 valence electrons. The van der Waals surface area contributed by atoms with Crippen LogP contribution in [0, 0.1) is 17.8 Å². The van der Waals surface area contributed by atoms with Crippen LogP contribution in [-0.4, -0.2) is 36.8 Å². The Hall–Kier alpha value is -0.0800. The fourth-order valence-corrected chi connectivity index (χ4v) is 3.11. The van der Waals surface area contributed by atoms with Crippen molar-refractivity contribution in [3.05, 3.63) is 0 Å². The summed E-state index contributed by atoms with van der Waals surface area (Å²) in [6.45, 7) is 2.93. The minimum atomic E-state index is 0.413. The maximum atomic E-state index is 9.10. The van der Waals surface area contributed by atoms with Crippen molar-refractivity contribution in [1.29, 1.82) is 0 Å². The van der Waals surface area contributed by atoms with Crippen molar-refractivity contribution in [2.75, 3.05) is 26.7 Å². The van der Waals surface area contributed by atoms with E-state index in [1.807, 2.05) is 0 Å². The average Bonchev–Trinajstić information content (AvgIpc) is 2.02. The van der Waals surface area contributed by atoms with E-state index in [4.69, 9.17) is 5.11 Å². The highest BCUT2D eigenvalue weighted by atomic mass is 16.3. The molecule has 0 radical (unpaired) electrons. The largest absolute Gasteiger partial charge is 0.396 e. The van der Waals surface area contributed by atoms with Crippen molar-refractivity contribution in [3.8, 4) is 0 Å². The fourth-order valence-electron chi connectivity index (χ4n) is 3.11. The Bertz CT molecular complexity index is 142. The van der Waals surface area contributed by atoms with Crippen LogP contribution in [0.5, 0.6) is 0 Å². The third-order valence-electron chi connectivity index (χ3n) is 3.40. The first-order chi connectivity index (χ1) is 5.78. The summed E-state index contributed by atoms with van der Waals surface area (Å²) in [5.74, 6) is 2.36. The SMILES string of the molecule is CN1CC2CC(CO)CC(C2)C1. The summed E-state index contributed by atoms with van der Waals surface area (Å²) < 4.78 is 0. The highest BCUT2D eigenvalue weighted by Gasteiger charge is 2.33. The van der Waals surface area contributed by atoms with Gasteiger partial charge in [-0.3, -0.25) is 0 Å². The molecular formula is C10H19NO. The third-order valence-corrected chi connectivity index (χ3v) is 3.40. The lowest BCUT2D eigenvalue weighted by molar-refractivity contribution is 0.0512. The summed E-state index contributed by atoms with van der Waals surface area (Å²) in [5, 5.41) is 9.10. The Morgan fingerprint density at radius 3 is 2.25 bits per heavy atom. The van der Waals surface area contributed by atoms with Crippen molar-refractivity contribution in [3.63, 3.8) is 0 Å². The molecule has 2 nitrogen and oxygen atoms in total. The first-order valence-corrected chi connectivity index (χ1v) is 5.07. The Kier molecular flexibility index (Phi) is 2.37. The minimum Gasteiger partial charge on any atom is -0.396 e. The van der Waals surface area contributed by atoms with Crippen molar-refractivity contribution >= 4 is 0 Å². The van der Waals surface area contributed by atoms with E-state index in [0.29, 0.717) is 12.5 Å². The number of fused-ring (bicyclic) bond motifs is 2. The number of piperidine rings is 1. The first-order valence-electron chi connectivity index (χ1n) is 5.07. The second-order valence-electron chi connectivity index (χ2n) is 4.71. The van der Waals surface area contributed by atoms with Crippen molar-refractivity contribution in [1.82, 2.24) is 4.90 Å². The van der Waals surface area contributed by atoms with Crippen LogP contribution in [0.4, 0.5) is 0 Å². The molecule has 0 aromatic heterocycles. The molecule has 2 unspecified atom stereocenters. The predicted octanol–water partition coefficient (Wildman–Crippen LogP) is 0.957. The molecule has 1 aliphatic heterocycles. The average molecular weight is 169 g/mol. The molecular weight excluding hydrogens is 150 g/mol. The molecule has 2 fully saturated rings. The highest BCUT2D eigenvalue weighted by Crippen LogP contribution is 2.36. The summed E-state index contributed by atoms with van der Waals surface area (Å²) in [7, 11) is 2.22. The van der Waals surface area contributed by atoms with Crippen LogP contribution in [0.2, 0.25) is 0 Å². The number of hydrogen-bond donors (Lipinski definition) is 1. The maximum Gasteiger partial charge on any atom is 0.0459 e. The maximum absolute atomic E-state index is 9.10. The van der Waals surface area contributed by atoms with Gasteiger partial charge in [-0.1, -0.05) is 0 Å². The Labute approximate surface area is 74.6 Å². The zero-order valence-electron chi connectivity index (χ0n) is 7.87. The van der Waals surface area contributed by atoms with Gasteiger partial charge in [0.2, 0.25) is 0 Å². The molecule has 1 aliphatic carbocycles. The zero-order chi connectivity index (χ0) is 8.55. The number of nitrogens with zero attached hydrogens (tertiary/aromatic N) is 1. The molecule has 0 aromatic carbocycles. The lowest BCUT2D eigenvalue weighted by atomic mass is 9.73.